The molecular formula is C19H16FN3O. The van der Waals surface area contributed by atoms with Crippen LogP contribution in [0.15, 0.2) is 59.6 Å². The lowest BCUT2D eigenvalue weighted by Gasteiger charge is -2.11. The zero-order chi connectivity index (χ0) is 17.3. The molecule has 3 rings (SSSR count). The number of rotatable bonds is 2. The molecule has 0 aliphatic rings. The SMILES string of the molecule is Cc1cccc(F)c1-c1cccc2ccc(C(=O)N=C(N)N)cc12. The van der Waals surface area contributed by atoms with Crippen LogP contribution in [0.5, 0.6) is 0 Å². The van der Waals surface area contributed by atoms with Crippen LogP contribution in [0, 0.1) is 12.7 Å². The maximum atomic E-state index is 14.4. The van der Waals surface area contributed by atoms with Crippen LogP contribution in [-0.4, -0.2) is 11.9 Å². The van der Waals surface area contributed by atoms with Crippen molar-refractivity contribution in [3.8, 4) is 11.1 Å². The molecule has 4 nitrogen and oxygen atoms in total. The quantitative estimate of drug-likeness (QED) is 0.561. The van der Waals surface area contributed by atoms with Crippen LogP contribution in [0.4, 0.5) is 4.39 Å². The highest BCUT2D eigenvalue weighted by Gasteiger charge is 2.13. The van der Waals surface area contributed by atoms with E-state index in [1.165, 1.54) is 6.07 Å². The molecule has 0 aromatic heterocycles. The molecule has 3 aromatic rings. The number of nitrogens with zero attached hydrogens (tertiary/aromatic N) is 1. The number of carbonyl (C=O) groups excluding carboxylic acids is 1. The van der Waals surface area contributed by atoms with Gasteiger partial charge in [-0.3, -0.25) is 4.79 Å². The van der Waals surface area contributed by atoms with Gasteiger partial charge in [0.15, 0.2) is 5.96 Å². The van der Waals surface area contributed by atoms with E-state index >= 15 is 0 Å². The summed E-state index contributed by atoms with van der Waals surface area (Å²) in [4.78, 5) is 15.6. The van der Waals surface area contributed by atoms with E-state index < -0.39 is 5.91 Å². The number of halogens is 1. The molecular weight excluding hydrogens is 305 g/mol. The Hall–Kier alpha value is -3.21. The average Bonchev–Trinajstić information content (AvgIpc) is 2.53. The Morgan fingerprint density at radius 2 is 1.79 bits per heavy atom. The number of amides is 1. The summed E-state index contributed by atoms with van der Waals surface area (Å²) >= 11 is 0. The Kier molecular flexibility index (Phi) is 4.00. The first kappa shape index (κ1) is 15.7. The summed E-state index contributed by atoms with van der Waals surface area (Å²) in [7, 11) is 0. The molecule has 0 radical (unpaired) electrons. The fourth-order valence-electron chi connectivity index (χ4n) is 2.78. The first-order chi connectivity index (χ1) is 11.5. The summed E-state index contributed by atoms with van der Waals surface area (Å²) in [6.45, 7) is 1.85. The Balaban J connectivity index is 2.26. The molecule has 0 saturated carbocycles. The minimum atomic E-state index is -0.531. The number of aryl methyl sites for hydroxylation is 1. The van der Waals surface area contributed by atoms with E-state index in [0.717, 1.165) is 21.9 Å². The zero-order valence-corrected chi connectivity index (χ0v) is 13.1. The van der Waals surface area contributed by atoms with Crippen molar-refractivity contribution >= 4 is 22.6 Å². The lowest BCUT2D eigenvalue weighted by Crippen LogP contribution is -2.24. The molecule has 3 aromatic carbocycles. The predicted octanol–water partition coefficient (Wildman–Crippen LogP) is 3.37. The van der Waals surface area contributed by atoms with Crippen LogP contribution in [-0.2, 0) is 0 Å². The van der Waals surface area contributed by atoms with Crippen molar-refractivity contribution in [1.82, 2.24) is 0 Å². The smallest absolute Gasteiger partial charge is 0.280 e. The van der Waals surface area contributed by atoms with E-state index in [9.17, 15) is 9.18 Å². The largest absolute Gasteiger partial charge is 0.370 e. The minimum absolute atomic E-state index is 0.293. The second kappa shape index (κ2) is 6.12. The molecule has 0 saturated heterocycles. The molecule has 0 aliphatic heterocycles. The van der Waals surface area contributed by atoms with Gasteiger partial charge in [0, 0.05) is 11.1 Å². The number of nitrogens with two attached hydrogens (primary N) is 2. The summed E-state index contributed by atoms with van der Waals surface area (Å²) in [5.74, 6) is -1.13. The van der Waals surface area contributed by atoms with Crippen molar-refractivity contribution < 1.29 is 9.18 Å². The summed E-state index contributed by atoms with van der Waals surface area (Å²) in [6, 6.07) is 15.7. The van der Waals surface area contributed by atoms with E-state index in [-0.39, 0.29) is 11.8 Å². The molecule has 5 heteroatoms. The topological polar surface area (TPSA) is 81.5 Å². The van der Waals surface area contributed by atoms with E-state index in [0.29, 0.717) is 11.1 Å². The van der Waals surface area contributed by atoms with E-state index in [4.69, 9.17) is 11.5 Å². The highest BCUT2D eigenvalue weighted by Crippen LogP contribution is 2.33. The highest BCUT2D eigenvalue weighted by molar-refractivity contribution is 6.06. The molecule has 24 heavy (non-hydrogen) atoms. The first-order valence-corrected chi connectivity index (χ1v) is 7.39. The van der Waals surface area contributed by atoms with Crippen LogP contribution in [0.25, 0.3) is 21.9 Å². The maximum Gasteiger partial charge on any atom is 0.280 e. The molecule has 0 aliphatic carbocycles. The van der Waals surface area contributed by atoms with E-state index in [1.54, 1.807) is 24.3 Å². The Labute approximate surface area is 138 Å². The zero-order valence-electron chi connectivity index (χ0n) is 13.1. The lowest BCUT2D eigenvalue weighted by molar-refractivity contribution is 0.100. The Bertz CT molecular complexity index is 955. The number of hydrogen-bond acceptors (Lipinski definition) is 1. The van der Waals surface area contributed by atoms with Gasteiger partial charge in [-0.25, -0.2) is 4.39 Å². The minimum Gasteiger partial charge on any atom is -0.370 e. The third-order valence-corrected chi connectivity index (χ3v) is 3.85. The van der Waals surface area contributed by atoms with Crippen LogP contribution in [0.1, 0.15) is 15.9 Å². The van der Waals surface area contributed by atoms with E-state index in [2.05, 4.69) is 4.99 Å². The number of aliphatic imine (C=N–C) groups is 1. The van der Waals surface area contributed by atoms with Crippen molar-refractivity contribution in [1.29, 1.82) is 0 Å². The van der Waals surface area contributed by atoms with E-state index in [1.807, 2.05) is 31.2 Å². The molecule has 1 amide bonds. The van der Waals surface area contributed by atoms with Gasteiger partial charge in [-0.2, -0.15) is 4.99 Å². The van der Waals surface area contributed by atoms with Crippen molar-refractivity contribution in [2.75, 3.05) is 0 Å². The van der Waals surface area contributed by atoms with Gasteiger partial charge >= 0.3 is 0 Å². The molecule has 0 bridgehead atoms. The third-order valence-electron chi connectivity index (χ3n) is 3.85. The highest BCUT2D eigenvalue weighted by atomic mass is 19.1. The Morgan fingerprint density at radius 1 is 1.04 bits per heavy atom. The average molecular weight is 321 g/mol. The van der Waals surface area contributed by atoms with Crippen molar-refractivity contribution in [2.24, 2.45) is 16.5 Å². The molecule has 0 unspecified atom stereocenters. The monoisotopic (exact) mass is 321 g/mol. The normalized spacial score (nSPS) is 10.6. The molecule has 0 heterocycles. The molecule has 0 spiro atoms. The molecule has 4 N–H and O–H groups in total. The summed E-state index contributed by atoms with van der Waals surface area (Å²) < 4.78 is 14.4. The molecule has 0 fully saturated rings. The van der Waals surface area contributed by atoms with Gasteiger partial charge in [0.1, 0.15) is 5.82 Å². The second-order valence-corrected chi connectivity index (χ2v) is 5.52. The molecule has 120 valence electrons. The van der Waals surface area contributed by atoms with Gasteiger partial charge in [-0.1, -0.05) is 36.4 Å². The summed E-state index contributed by atoms with van der Waals surface area (Å²) in [5.41, 5.74) is 12.9. The first-order valence-electron chi connectivity index (χ1n) is 7.39. The van der Waals surface area contributed by atoms with Gasteiger partial charge in [0.05, 0.1) is 0 Å². The van der Waals surface area contributed by atoms with Crippen molar-refractivity contribution in [2.45, 2.75) is 6.92 Å². The number of guanidine groups is 1. The predicted molar refractivity (Wildman–Crippen MR) is 94.2 cm³/mol. The summed E-state index contributed by atoms with van der Waals surface area (Å²) in [6.07, 6.45) is 0. The third kappa shape index (κ3) is 2.84. The van der Waals surface area contributed by atoms with Gasteiger partial charge in [0.2, 0.25) is 0 Å². The maximum absolute atomic E-state index is 14.4. The lowest BCUT2D eigenvalue weighted by atomic mass is 9.93. The number of fused-ring (bicyclic) bond motifs is 1. The van der Waals surface area contributed by atoms with Crippen LogP contribution < -0.4 is 11.5 Å². The van der Waals surface area contributed by atoms with Gasteiger partial charge in [-0.15, -0.1) is 0 Å². The fourth-order valence-corrected chi connectivity index (χ4v) is 2.78. The van der Waals surface area contributed by atoms with Crippen LogP contribution in [0.3, 0.4) is 0 Å². The summed E-state index contributed by atoms with van der Waals surface area (Å²) in [5, 5.41) is 1.67. The fraction of sp³-hybridized carbons (Fsp3) is 0.0526. The van der Waals surface area contributed by atoms with Crippen molar-refractivity contribution in [3.05, 3.63) is 71.5 Å². The number of carbonyl (C=O) groups is 1. The number of hydrogen-bond donors (Lipinski definition) is 2. The molecule has 0 atom stereocenters. The van der Waals surface area contributed by atoms with Crippen LogP contribution in [0.2, 0.25) is 0 Å². The Morgan fingerprint density at radius 3 is 2.50 bits per heavy atom. The van der Waals surface area contributed by atoms with Crippen molar-refractivity contribution in [3.63, 3.8) is 0 Å². The number of benzene rings is 3. The standard InChI is InChI=1S/C19H16FN3O/c1-11-4-2-7-16(20)17(11)14-6-3-5-12-8-9-13(10-15(12)14)18(24)23-19(21)22/h2-10H,1H3,(H4,21,22,23,24). The second-order valence-electron chi connectivity index (χ2n) is 5.52. The van der Waals surface area contributed by atoms with Gasteiger partial charge in [-0.05, 0) is 47.0 Å². The van der Waals surface area contributed by atoms with Gasteiger partial charge < -0.3 is 11.5 Å². The van der Waals surface area contributed by atoms with Gasteiger partial charge in [0.25, 0.3) is 5.91 Å². The van der Waals surface area contributed by atoms with Crippen LogP contribution >= 0.6 is 0 Å².